The minimum atomic E-state index is -0.320. The molecule has 2 aromatic rings. The molecule has 0 aliphatic carbocycles. The molecule has 0 aliphatic heterocycles. The highest BCUT2D eigenvalue weighted by Gasteiger charge is 2.21. The minimum absolute atomic E-state index is 0.139. The van der Waals surface area contributed by atoms with E-state index in [0.717, 1.165) is 16.6 Å². The molecule has 110 valence electrons. The van der Waals surface area contributed by atoms with Crippen LogP contribution in [0.2, 0.25) is 0 Å². The molecule has 1 atom stereocenters. The number of pyridine rings is 1. The Morgan fingerprint density at radius 3 is 2.62 bits per heavy atom. The van der Waals surface area contributed by atoms with E-state index < -0.39 is 0 Å². The number of carbonyl (C=O) groups is 1. The van der Waals surface area contributed by atoms with Crippen molar-refractivity contribution in [3.8, 4) is 0 Å². The molecule has 0 bridgehead atoms. The molecule has 1 amide bonds. The summed E-state index contributed by atoms with van der Waals surface area (Å²) in [5.41, 5.74) is 7.91. The summed E-state index contributed by atoms with van der Waals surface area (Å²) in [5, 5.41) is 3.74. The van der Waals surface area contributed by atoms with Crippen molar-refractivity contribution in [2.75, 3.05) is 0 Å². The molecule has 0 radical (unpaired) electrons. The van der Waals surface area contributed by atoms with Crippen molar-refractivity contribution >= 4 is 34.0 Å². The maximum atomic E-state index is 12.6. The number of nitrogens with one attached hydrogen (secondary N) is 1. The number of aryl methyl sites for hydroxylation is 1. The van der Waals surface area contributed by atoms with Crippen LogP contribution in [0.25, 0.3) is 10.9 Å². The Morgan fingerprint density at radius 2 is 2.00 bits per heavy atom. The van der Waals surface area contributed by atoms with Crippen LogP contribution in [0.3, 0.4) is 0 Å². The quantitative estimate of drug-likeness (QED) is 0.852. The number of nitrogens with two attached hydrogens (primary N) is 1. The highest BCUT2D eigenvalue weighted by molar-refractivity contribution is 7.80. The number of benzene rings is 1. The zero-order valence-corrected chi connectivity index (χ0v) is 13.2. The van der Waals surface area contributed by atoms with Crippen molar-refractivity contribution in [2.45, 2.75) is 26.8 Å². The molecule has 1 unspecified atom stereocenters. The summed E-state index contributed by atoms with van der Waals surface area (Å²) in [7, 11) is 0. The van der Waals surface area contributed by atoms with Crippen molar-refractivity contribution in [1.82, 2.24) is 10.3 Å². The zero-order valence-electron chi connectivity index (χ0n) is 12.4. The Kier molecular flexibility index (Phi) is 4.53. The molecule has 1 aromatic carbocycles. The van der Waals surface area contributed by atoms with Gasteiger partial charge >= 0.3 is 0 Å². The third kappa shape index (κ3) is 3.36. The van der Waals surface area contributed by atoms with E-state index in [1.54, 1.807) is 6.07 Å². The van der Waals surface area contributed by atoms with Gasteiger partial charge in [0.2, 0.25) is 0 Å². The summed E-state index contributed by atoms with van der Waals surface area (Å²) in [6, 6.07) is 9.05. The highest BCUT2D eigenvalue weighted by Crippen LogP contribution is 2.18. The Hall–Kier alpha value is -2.01. The number of aromatic nitrogens is 1. The molecule has 0 fully saturated rings. The van der Waals surface area contributed by atoms with Gasteiger partial charge in [0.1, 0.15) is 0 Å². The molecule has 4 nitrogen and oxygen atoms in total. The molecule has 2 rings (SSSR count). The predicted octanol–water partition coefficient (Wildman–Crippen LogP) is 2.58. The third-order valence-corrected chi connectivity index (χ3v) is 3.60. The third-order valence-electron chi connectivity index (χ3n) is 3.35. The van der Waals surface area contributed by atoms with Crippen LogP contribution in [-0.4, -0.2) is 21.9 Å². The summed E-state index contributed by atoms with van der Waals surface area (Å²) in [6.07, 6.45) is 0. The summed E-state index contributed by atoms with van der Waals surface area (Å²) in [5.74, 6) is -0.0381. The Balaban J connectivity index is 2.42. The van der Waals surface area contributed by atoms with Crippen LogP contribution >= 0.6 is 12.2 Å². The number of thiocarbonyl (C=S) groups is 1. The molecule has 0 spiro atoms. The Labute approximate surface area is 129 Å². The summed E-state index contributed by atoms with van der Waals surface area (Å²) >= 11 is 5.03. The van der Waals surface area contributed by atoms with Gasteiger partial charge in [-0.1, -0.05) is 44.3 Å². The highest BCUT2D eigenvalue weighted by atomic mass is 32.1. The van der Waals surface area contributed by atoms with Crippen molar-refractivity contribution in [3.05, 3.63) is 41.6 Å². The Bertz CT molecular complexity index is 697. The second-order valence-electron chi connectivity index (χ2n) is 5.43. The van der Waals surface area contributed by atoms with Crippen LogP contribution in [0.5, 0.6) is 0 Å². The first-order valence-corrected chi connectivity index (χ1v) is 7.27. The molecule has 5 heteroatoms. The monoisotopic (exact) mass is 301 g/mol. The number of hydrogen-bond acceptors (Lipinski definition) is 3. The van der Waals surface area contributed by atoms with E-state index in [2.05, 4.69) is 10.3 Å². The molecule has 1 aromatic heterocycles. The lowest BCUT2D eigenvalue weighted by atomic mass is 10.0. The van der Waals surface area contributed by atoms with E-state index in [-0.39, 0.29) is 17.9 Å². The number of amides is 1. The number of fused-ring (bicyclic) bond motifs is 1. The molecule has 3 N–H and O–H groups in total. The fourth-order valence-electron chi connectivity index (χ4n) is 2.28. The first kappa shape index (κ1) is 15.4. The maximum Gasteiger partial charge on any atom is 0.252 e. The topological polar surface area (TPSA) is 68.0 Å². The maximum absolute atomic E-state index is 12.6. The van der Waals surface area contributed by atoms with Crippen LogP contribution in [-0.2, 0) is 0 Å². The smallest absolute Gasteiger partial charge is 0.252 e. The van der Waals surface area contributed by atoms with Crippen molar-refractivity contribution in [1.29, 1.82) is 0 Å². The number of rotatable bonds is 4. The summed E-state index contributed by atoms with van der Waals surface area (Å²) < 4.78 is 0. The van der Waals surface area contributed by atoms with Crippen LogP contribution < -0.4 is 11.1 Å². The Morgan fingerprint density at radius 1 is 1.33 bits per heavy atom. The normalized spacial score (nSPS) is 12.4. The van der Waals surface area contributed by atoms with Crippen molar-refractivity contribution in [2.24, 2.45) is 11.7 Å². The van der Waals surface area contributed by atoms with Crippen LogP contribution in [0, 0.1) is 12.8 Å². The second-order valence-corrected chi connectivity index (χ2v) is 5.90. The lowest BCUT2D eigenvalue weighted by Gasteiger charge is -2.21. The number of nitrogens with zero attached hydrogens (tertiary/aromatic N) is 1. The van der Waals surface area contributed by atoms with Gasteiger partial charge in [0.15, 0.2) is 0 Å². The van der Waals surface area contributed by atoms with Gasteiger partial charge in [0.05, 0.1) is 22.1 Å². The summed E-state index contributed by atoms with van der Waals surface area (Å²) in [4.78, 5) is 17.3. The number of para-hydroxylation sites is 1. The van der Waals surface area contributed by atoms with Gasteiger partial charge in [0, 0.05) is 11.1 Å². The van der Waals surface area contributed by atoms with Gasteiger partial charge in [-0.25, -0.2) is 0 Å². The second kappa shape index (κ2) is 6.18. The van der Waals surface area contributed by atoms with Crippen molar-refractivity contribution in [3.63, 3.8) is 0 Å². The number of hydrogen-bond donors (Lipinski definition) is 2. The van der Waals surface area contributed by atoms with E-state index in [9.17, 15) is 4.79 Å². The fraction of sp³-hybridized carbons (Fsp3) is 0.312. The van der Waals surface area contributed by atoms with Crippen LogP contribution in [0.4, 0.5) is 0 Å². The average molecular weight is 301 g/mol. The average Bonchev–Trinajstić information content (AvgIpc) is 2.42. The van der Waals surface area contributed by atoms with Crippen molar-refractivity contribution < 1.29 is 4.79 Å². The van der Waals surface area contributed by atoms with Crippen LogP contribution in [0.15, 0.2) is 30.3 Å². The molecule has 1 heterocycles. The SMILES string of the molecule is Cc1cc(C(=O)NC(C(N)=S)C(C)C)c2ccccc2n1. The standard InChI is InChI=1S/C16H19N3OS/c1-9(2)14(15(17)21)19-16(20)12-8-10(3)18-13-7-5-4-6-11(12)13/h4-9,14H,1-3H3,(H2,17,21)(H,19,20). The van der Waals surface area contributed by atoms with Gasteiger partial charge in [-0.05, 0) is 25.0 Å². The van der Waals surface area contributed by atoms with E-state index in [1.165, 1.54) is 0 Å². The van der Waals surface area contributed by atoms with Crippen LogP contribution in [0.1, 0.15) is 29.9 Å². The summed E-state index contributed by atoms with van der Waals surface area (Å²) in [6.45, 7) is 5.82. The van der Waals surface area contributed by atoms with Gasteiger partial charge < -0.3 is 11.1 Å². The van der Waals surface area contributed by atoms with Gasteiger partial charge in [-0.2, -0.15) is 0 Å². The molecular weight excluding hydrogens is 282 g/mol. The molecule has 0 saturated carbocycles. The molecular formula is C16H19N3OS. The lowest BCUT2D eigenvalue weighted by Crippen LogP contribution is -2.46. The first-order chi connectivity index (χ1) is 9.90. The van der Waals surface area contributed by atoms with Gasteiger partial charge in [0.25, 0.3) is 5.91 Å². The minimum Gasteiger partial charge on any atom is -0.392 e. The van der Waals surface area contributed by atoms with E-state index in [0.29, 0.717) is 10.6 Å². The van der Waals surface area contributed by atoms with Gasteiger partial charge in [-0.3, -0.25) is 9.78 Å². The number of carbonyl (C=O) groups excluding carboxylic acids is 1. The lowest BCUT2D eigenvalue weighted by molar-refractivity contribution is 0.0941. The molecule has 0 aliphatic rings. The molecule has 0 saturated heterocycles. The molecule has 21 heavy (non-hydrogen) atoms. The van der Waals surface area contributed by atoms with E-state index in [4.69, 9.17) is 18.0 Å². The largest absolute Gasteiger partial charge is 0.392 e. The van der Waals surface area contributed by atoms with Gasteiger partial charge in [-0.15, -0.1) is 0 Å². The zero-order chi connectivity index (χ0) is 15.6. The fourth-order valence-corrected chi connectivity index (χ4v) is 2.61. The first-order valence-electron chi connectivity index (χ1n) is 6.86. The van der Waals surface area contributed by atoms with E-state index in [1.807, 2.05) is 45.0 Å². The predicted molar refractivity (Wildman–Crippen MR) is 89.4 cm³/mol. The van der Waals surface area contributed by atoms with E-state index >= 15 is 0 Å².